The number of anilines is 2. The molecule has 1 fully saturated rings. The van der Waals surface area contributed by atoms with Gasteiger partial charge in [-0.2, -0.15) is 0 Å². The van der Waals surface area contributed by atoms with E-state index >= 15 is 0 Å². The van der Waals surface area contributed by atoms with Crippen LogP contribution in [0.4, 0.5) is 11.4 Å². The molecule has 34 heavy (non-hydrogen) atoms. The fraction of sp³-hybridized carbons (Fsp3) is 0.0800. The molecule has 1 aliphatic rings. The zero-order valence-electron chi connectivity index (χ0n) is 18.0. The maximum absolute atomic E-state index is 12.9. The summed E-state index contributed by atoms with van der Waals surface area (Å²) in [7, 11) is 0. The summed E-state index contributed by atoms with van der Waals surface area (Å²) in [6.07, 6.45) is 1.39. The highest BCUT2D eigenvalue weighted by Crippen LogP contribution is 2.35. The van der Waals surface area contributed by atoms with Crippen LogP contribution in [0.5, 0.6) is 5.75 Å². The van der Waals surface area contributed by atoms with Crippen molar-refractivity contribution in [1.29, 1.82) is 0 Å². The van der Waals surface area contributed by atoms with Crippen molar-refractivity contribution >= 4 is 62.7 Å². The number of hydrogen-bond donors (Lipinski definition) is 2. The molecule has 0 spiro atoms. The van der Waals surface area contributed by atoms with E-state index in [0.29, 0.717) is 26.4 Å². The van der Waals surface area contributed by atoms with Crippen LogP contribution >= 0.6 is 27.5 Å². The van der Waals surface area contributed by atoms with Gasteiger partial charge in [0.05, 0.1) is 10.2 Å². The van der Waals surface area contributed by atoms with Crippen LogP contribution in [0.1, 0.15) is 11.1 Å². The molecule has 172 valence electrons. The Morgan fingerprint density at radius 1 is 1.12 bits per heavy atom. The van der Waals surface area contributed by atoms with Crippen LogP contribution in [0.3, 0.4) is 0 Å². The summed E-state index contributed by atoms with van der Waals surface area (Å²) >= 11 is 9.59. The number of para-hydroxylation sites is 2. The van der Waals surface area contributed by atoms with E-state index in [-0.39, 0.29) is 23.8 Å². The molecular weight excluding hydrogens is 522 g/mol. The molecule has 1 aliphatic heterocycles. The van der Waals surface area contributed by atoms with Gasteiger partial charge >= 0.3 is 0 Å². The number of nitrogens with one attached hydrogen (secondary N) is 2. The third-order valence-corrected chi connectivity index (χ3v) is 5.82. The number of carbonyl (C=O) groups excluding carboxylic acids is 3. The molecule has 0 unspecified atom stereocenters. The van der Waals surface area contributed by atoms with Gasteiger partial charge in [0.25, 0.3) is 17.7 Å². The van der Waals surface area contributed by atoms with Crippen molar-refractivity contribution in [2.75, 3.05) is 16.9 Å². The second kappa shape index (κ2) is 10.1. The van der Waals surface area contributed by atoms with E-state index in [1.165, 1.54) is 11.1 Å². The van der Waals surface area contributed by atoms with Crippen molar-refractivity contribution in [3.8, 4) is 5.75 Å². The number of rotatable bonds is 6. The van der Waals surface area contributed by atoms with Crippen molar-refractivity contribution in [3.63, 3.8) is 0 Å². The molecule has 0 radical (unpaired) electrons. The molecule has 4 rings (SSSR count). The molecule has 2 N–H and O–H groups in total. The number of nitrogens with zero attached hydrogens (tertiary/aromatic N) is 1. The van der Waals surface area contributed by atoms with Crippen LogP contribution in [0.25, 0.3) is 6.08 Å². The molecular formula is C25H19BrClN3O4. The first-order chi connectivity index (χ1) is 16.3. The molecule has 3 amide bonds. The zero-order chi connectivity index (χ0) is 24.2. The van der Waals surface area contributed by atoms with Crippen LogP contribution in [0.2, 0.25) is 5.02 Å². The van der Waals surface area contributed by atoms with E-state index in [1.54, 1.807) is 42.5 Å². The predicted octanol–water partition coefficient (Wildman–Crippen LogP) is 4.89. The number of benzene rings is 3. The largest absolute Gasteiger partial charge is 0.482 e. The molecule has 1 heterocycles. The van der Waals surface area contributed by atoms with Gasteiger partial charge in [0.15, 0.2) is 6.61 Å². The van der Waals surface area contributed by atoms with Gasteiger partial charge in [0, 0.05) is 16.3 Å². The maximum atomic E-state index is 12.9. The molecule has 3 aromatic rings. The van der Waals surface area contributed by atoms with Crippen molar-refractivity contribution in [1.82, 2.24) is 5.43 Å². The number of aryl methyl sites for hydroxylation is 1. The Balaban J connectivity index is 1.57. The minimum Gasteiger partial charge on any atom is -0.482 e. The van der Waals surface area contributed by atoms with E-state index in [9.17, 15) is 14.4 Å². The van der Waals surface area contributed by atoms with Gasteiger partial charge < -0.3 is 10.1 Å². The highest BCUT2D eigenvalue weighted by atomic mass is 79.9. The van der Waals surface area contributed by atoms with Crippen LogP contribution < -0.4 is 20.5 Å². The van der Waals surface area contributed by atoms with Gasteiger partial charge in [-0.15, -0.1) is 0 Å². The van der Waals surface area contributed by atoms with Gasteiger partial charge in [0.1, 0.15) is 11.3 Å². The Morgan fingerprint density at radius 3 is 2.56 bits per heavy atom. The summed E-state index contributed by atoms with van der Waals surface area (Å²) in [4.78, 5) is 37.9. The summed E-state index contributed by atoms with van der Waals surface area (Å²) in [5.74, 6) is -1.17. The number of hydrazine groups is 1. The van der Waals surface area contributed by atoms with E-state index in [1.807, 2.05) is 31.2 Å². The summed E-state index contributed by atoms with van der Waals surface area (Å²) < 4.78 is 6.24. The van der Waals surface area contributed by atoms with Crippen molar-refractivity contribution < 1.29 is 19.1 Å². The van der Waals surface area contributed by atoms with Gasteiger partial charge in [-0.1, -0.05) is 48.0 Å². The lowest BCUT2D eigenvalue weighted by atomic mass is 10.1. The van der Waals surface area contributed by atoms with Crippen LogP contribution in [0.15, 0.2) is 76.8 Å². The van der Waals surface area contributed by atoms with E-state index in [0.717, 1.165) is 5.56 Å². The molecule has 0 aromatic heterocycles. The minimum absolute atomic E-state index is 0.0905. The lowest BCUT2D eigenvalue weighted by molar-refractivity contribution is -0.118. The summed E-state index contributed by atoms with van der Waals surface area (Å²) in [5, 5.41) is 4.33. The Bertz CT molecular complexity index is 1310. The van der Waals surface area contributed by atoms with Crippen molar-refractivity contribution in [3.05, 3.63) is 92.9 Å². The Kier molecular flexibility index (Phi) is 7.00. The zero-order valence-corrected chi connectivity index (χ0v) is 20.3. The van der Waals surface area contributed by atoms with Gasteiger partial charge in [0.2, 0.25) is 0 Å². The number of ether oxygens (including phenoxy) is 1. The van der Waals surface area contributed by atoms with Crippen LogP contribution in [-0.2, 0) is 14.4 Å². The van der Waals surface area contributed by atoms with Crippen LogP contribution in [0, 0.1) is 6.92 Å². The molecule has 0 saturated carbocycles. The first-order valence-corrected chi connectivity index (χ1v) is 11.4. The number of halogens is 2. The average Bonchev–Trinajstić information content (AvgIpc) is 3.09. The van der Waals surface area contributed by atoms with Gasteiger partial charge in [-0.25, -0.2) is 5.01 Å². The first kappa shape index (κ1) is 23.5. The van der Waals surface area contributed by atoms with Crippen LogP contribution in [-0.4, -0.2) is 24.3 Å². The number of carbonyl (C=O) groups is 3. The SMILES string of the molecule is Cc1ccccc1NC(=O)COc1c(Br)cc(Cl)cc1/C=C1/C(=O)NN(c2ccccc2)C1=O. The van der Waals surface area contributed by atoms with Crippen molar-refractivity contribution in [2.45, 2.75) is 6.92 Å². The second-order valence-electron chi connectivity index (χ2n) is 7.43. The lowest BCUT2D eigenvalue weighted by Crippen LogP contribution is -2.35. The lowest BCUT2D eigenvalue weighted by Gasteiger charge is -2.14. The first-order valence-electron chi connectivity index (χ1n) is 10.2. The molecule has 9 heteroatoms. The molecule has 3 aromatic carbocycles. The number of amides is 3. The molecule has 1 saturated heterocycles. The van der Waals surface area contributed by atoms with E-state index in [4.69, 9.17) is 16.3 Å². The highest BCUT2D eigenvalue weighted by Gasteiger charge is 2.34. The number of hydrogen-bond acceptors (Lipinski definition) is 4. The second-order valence-corrected chi connectivity index (χ2v) is 8.72. The molecule has 0 bridgehead atoms. The fourth-order valence-electron chi connectivity index (χ4n) is 3.35. The molecule has 7 nitrogen and oxygen atoms in total. The van der Waals surface area contributed by atoms with Gasteiger partial charge in [-0.3, -0.25) is 19.8 Å². The van der Waals surface area contributed by atoms with E-state index < -0.39 is 11.8 Å². The van der Waals surface area contributed by atoms with Crippen molar-refractivity contribution in [2.24, 2.45) is 0 Å². The Labute approximate surface area is 209 Å². The normalized spacial score (nSPS) is 14.3. The predicted molar refractivity (Wildman–Crippen MR) is 135 cm³/mol. The van der Waals surface area contributed by atoms with E-state index in [2.05, 4.69) is 26.7 Å². The molecule has 0 aliphatic carbocycles. The average molecular weight is 541 g/mol. The highest BCUT2D eigenvalue weighted by molar-refractivity contribution is 9.10. The fourth-order valence-corrected chi connectivity index (χ4v) is 4.30. The van der Waals surface area contributed by atoms with Gasteiger partial charge in [-0.05, 0) is 64.8 Å². The third-order valence-electron chi connectivity index (χ3n) is 5.01. The summed E-state index contributed by atoms with van der Waals surface area (Å²) in [5.41, 5.74) is 4.96. The molecule has 0 atom stereocenters. The minimum atomic E-state index is -0.562. The monoisotopic (exact) mass is 539 g/mol. The maximum Gasteiger partial charge on any atom is 0.282 e. The third kappa shape index (κ3) is 5.13. The quantitative estimate of drug-likeness (QED) is 0.344. The standard InChI is InChI=1S/C25H19BrClN3O4/c1-15-7-5-6-10-21(15)28-22(31)14-34-23-16(11-17(27)13-20(23)26)12-19-24(32)29-30(25(19)33)18-8-3-2-4-9-18/h2-13H,14H2,1H3,(H,28,31)(H,29,32)/b19-12-. The smallest absolute Gasteiger partial charge is 0.282 e. The Morgan fingerprint density at radius 2 is 1.82 bits per heavy atom. The topological polar surface area (TPSA) is 87.7 Å². The summed E-state index contributed by atoms with van der Waals surface area (Å²) in [6.45, 7) is 1.60. The Hall–Kier alpha value is -3.62. The summed E-state index contributed by atoms with van der Waals surface area (Å²) in [6, 6.07) is 19.3.